The summed E-state index contributed by atoms with van der Waals surface area (Å²) in [6.07, 6.45) is 3.12. The maximum absolute atomic E-state index is 13.3. The minimum Gasteiger partial charge on any atom is -0.325 e. The van der Waals surface area contributed by atoms with Crippen LogP contribution in [-0.4, -0.2) is 35.1 Å². The molecule has 7 heteroatoms. The van der Waals surface area contributed by atoms with Crippen molar-refractivity contribution in [1.82, 2.24) is 10.2 Å². The van der Waals surface area contributed by atoms with Gasteiger partial charge >= 0.3 is 6.03 Å². The molecule has 4 rings (SSSR count). The molecule has 7 nitrogen and oxygen atoms in total. The van der Waals surface area contributed by atoms with Crippen LogP contribution in [0.2, 0.25) is 0 Å². The number of carbonyl (C=O) groups excluding carboxylic acids is 4. The Bertz CT molecular complexity index is 1030. The van der Waals surface area contributed by atoms with E-state index in [9.17, 15) is 19.2 Å². The van der Waals surface area contributed by atoms with Gasteiger partial charge in [-0.05, 0) is 68.0 Å². The molecule has 0 saturated carbocycles. The first kappa shape index (κ1) is 19.8. The summed E-state index contributed by atoms with van der Waals surface area (Å²) in [6.45, 7) is 1.09. The molecular weight excluding hydrogens is 382 g/mol. The number of Topliss-reactive ketones (excluding diaryl/α,β-unsaturated/α-hetero) is 1. The van der Waals surface area contributed by atoms with E-state index in [1.54, 1.807) is 24.3 Å². The number of aryl methyl sites for hydroxylation is 1. The number of hydrogen-bond acceptors (Lipinski definition) is 4. The number of nitrogens with zero attached hydrogens (tertiary/aromatic N) is 1. The molecule has 1 saturated heterocycles. The maximum atomic E-state index is 13.3. The van der Waals surface area contributed by atoms with Gasteiger partial charge in [0.15, 0.2) is 5.78 Å². The van der Waals surface area contributed by atoms with E-state index in [0.29, 0.717) is 17.7 Å². The van der Waals surface area contributed by atoms with Crippen molar-refractivity contribution >= 4 is 29.3 Å². The SMILES string of the molecule is CC(=O)c1ccc(NC(=O)CN2C(=O)N[C@]3(CCCCc4ccccc43)C2=O)cc1. The first-order valence-electron chi connectivity index (χ1n) is 10.0. The number of imide groups is 1. The van der Waals surface area contributed by atoms with E-state index >= 15 is 0 Å². The topological polar surface area (TPSA) is 95.6 Å². The van der Waals surface area contributed by atoms with E-state index in [-0.39, 0.29) is 18.2 Å². The van der Waals surface area contributed by atoms with Gasteiger partial charge in [0.1, 0.15) is 12.1 Å². The number of benzene rings is 2. The highest BCUT2D eigenvalue weighted by Crippen LogP contribution is 2.38. The second-order valence-corrected chi connectivity index (χ2v) is 7.77. The van der Waals surface area contributed by atoms with Crippen LogP contribution in [0.4, 0.5) is 10.5 Å². The summed E-state index contributed by atoms with van der Waals surface area (Å²) < 4.78 is 0. The fourth-order valence-electron chi connectivity index (χ4n) is 4.25. The van der Waals surface area contributed by atoms with Crippen molar-refractivity contribution in [3.05, 3.63) is 65.2 Å². The standard InChI is InChI=1S/C23H23N3O4/c1-15(27)16-9-11-18(12-10-16)24-20(28)14-26-21(29)23(25-22(26)30)13-5-4-7-17-6-2-3-8-19(17)23/h2-3,6,8-12H,4-5,7,13-14H2,1H3,(H,24,28)(H,25,30)/t23-/m0/s1. The van der Waals surface area contributed by atoms with Gasteiger partial charge in [0.05, 0.1) is 0 Å². The normalized spacial score (nSPS) is 20.5. The van der Waals surface area contributed by atoms with Crippen LogP contribution < -0.4 is 10.6 Å². The fraction of sp³-hybridized carbons (Fsp3) is 0.304. The minimum atomic E-state index is -1.10. The average molecular weight is 405 g/mol. The molecule has 0 bridgehead atoms. The molecule has 2 aliphatic rings. The predicted molar refractivity (Wildman–Crippen MR) is 111 cm³/mol. The van der Waals surface area contributed by atoms with Gasteiger partial charge in [0.25, 0.3) is 5.91 Å². The van der Waals surface area contributed by atoms with Crippen molar-refractivity contribution < 1.29 is 19.2 Å². The molecule has 1 spiro atoms. The van der Waals surface area contributed by atoms with Crippen LogP contribution in [0.5, 0.6) is 0 Å². The first-order valence-corrected chi connectivity index (χ1v) is 10.0. The fourth-order valence-corrected chi connectivity index (χ4v) is 4.25. The van der Waals surface area contributed by atoms with Crippen LogP contribution in [0.15, 0.2) is 48.5 Å². The lowest BCUT2D eigenvalue weighted by Crippen LogP contribution is -2.44. The van der Waals surface area contributed by atoms with Crippen LogP contribution in [-0.2, 0) is 21.5 Å². The largest absolute Gasteiger partial charge is 0.325 e. The van der Waals surface area contributed by atoms with E-state index in [0.717, 1.165) is 35.3 Å². The van der Waals surface area contributed by atoms with E-state index < -0.39 is 17.5 Å². The highest BCUT2D eigenvalue weighted by atomic mass is 16.2. The second kappa shape index (κ2) is 7.74. The van der Waals surface area contributed by atoms with Crippen LogP contribution in [0.3, 0.4) is 0 Å². The Labute approximate surface area is 174 Å². The van der Waals surface area contributed by atoms with Gasteiger partial charge < -0.3 is 10.6 Å². The Morgan fingerprint density at radius 1 is 1.07 bits per heavy atom. The Kier molecular flexibility index (Phi) is 5.11. The first-order chi connectivity index (χ1) is 14.4. The van der Waals surface area contributed by atoms with Crippen molar-refractivity contribution in [1.29, 1.82) is 0 Å². The maximum Gasteiger partial charge on any atom is 0.325 e. The molecule has 2 aromatic carbocycles. The third kappa shape index (κ3) is 3.47. The van der Waals surface area contributed by atoms with Gasteiger partial charge in [0, 0.05) is 11.3 Å². The van der Waals surface area contributed by atoms with E-state index in [2.05, 4.69) is 10.6 Å². The van der Waals surface area contributed by atoms with E-state index in [4.69, 9.17) is 0 Å². The van der Waals surface area contributed by atoms with Gasteiger partial charge in [0.2, 0.25) is 5.91 Å². The van der Waals surface area contributed by atoms with Crippen LogP contribution in [0.1, 0.15) is 47.7 Å². The molecule has 30 heavy (non-hydrogen) atoms. The van der Waals surface area contributed by atoms with Gasteiger partial charge in [-0.25, -0.2) is 4.79 Å². The molecule has 1 aliphatic carbocycles. The number of carbonyl (C=O) groups is 4. The number of rotatable bonds is 4. The monoisotopic (exact) mass is 405 g/mol. The summed E-state index contributed by atoms with van der Waals surface area (Å²) in [6, 6.07) is 13.6. The zero-order chi connectivity index (χ0) is 21.3. The molecule has 1 atom stereocenters. The van der Waals surface area contributed by atoms with E-state index in [1.807, 2.05) is 24.3 Å². The number of ketones is 1. The molecule has 1 fully saturated rings. The Morgan fingerprint density at radius 2 is 1.80 bits per heavy atom. The molecule has 0 unspecified atom stereocenters. The summed E-state index contributed by atoms with van der Waals surface area (Å²) >= 11 is 0. The number of fused-ring (bicyclic) bond motifs is 2. The van der Waals surface area contributed by atoms with Crippen LogP contribution in [0.25, 0.3) is 0 Å². The third-order valence-electron chi connectivity index (χ3n) is 5.78. The molecule has 1 heterocycles. The quantitative estimate of drug-likeness (QED) is 0.604. The molecule has 0 aromatic heterocycles. The van der Waals surface area contributed by atoms with Gasteiger partial charge in [-0.2, -0.15) is 0 Å². The molecule has 154 valence electrons. The number of amides is 4. The van der Waals surface area contributed by atoms with Crippen molar-refractivity contribution in [2.75, 3.05) is 11.9 Å². The van der Waals surface area contributed by atoms with Crippen LogP contribution in [0, 0.1) is 0 Å². The van der Waals surface area contributed by atoms with Crippen molar-refractivity contribution in [2.24, 2.45) is 0 Å². The number of nitrogens with one attached hydrogen (secondary N) is 2. The summed E-state index contributed by atoms with van der Waals surface area (Å²) in [7, 11) is 0. The molecule has 1 aliphatic heterocycles. The van der Waals surface area contributed by atoms with Crippen molar-refractivity contribution in [3.63, 3.8) is 0 Å². The Morgan fingerprint density at radius 3 is 2.53 bits per heavy atom. The van der Waals surface area contributed by atoms with Gasteiger partial charge in [-0.15, -0.1) is 0 Å². The molecule has 2 aromatic rings. The van der Waals surface area contributed by atoms with Gasteiger partial charge in [-0.3, -0.25) is 19.3 Å². The highest BCUT2D eigenvalue weighted by molar-refractivity contribution is 6.10. The number of urea groups is 1. The third-order valence-corrected chi connectivity index (χ3v) is 5.78. The van der Waals surface area contributed by atoms with E-state index in [1.165, 1.54) is 6.92 Å². The predicted octanol–water partition coefficient (Wildman–Crippen LogP) is 3.00. The zero-order valence-corrected chi connectivity index (χ0v) is 16.7. The molecule has 2 N–H and O–H groups in total. The summed E-state index contributed by atoms with van der Waals surface area (Å²) in [4.78, 5) is 50.9. The van der Waals surface area contributed by atoms with Gasteiger partial charge in [-0.1, -0.05) is 24.3 Å². The highest BCUT2D eigenvalue weighted by Gasteiger charge is 2.53. The minimum absolute atomic E-state index is 0.0683. The summed E-state index contributed by atoms with van der Waals surface area (Å²) in [5.41, 5.74) is 1.81. The number of hydrogen-bond donors (Lipinski definition) is 2. The zero-order valence-electron chi connectivity index (χ0n) is 16.7. The lowest BCUT2D eigenvalue weighted by atomic mass is 9.84. The van der Waals surface area contributed by atoms with Crippen molar-refractivity contribution in [2.45, 2.75) is 38.1 Å². The van der Waals surface area contributed by atoms with Crippen molar-refractivity contribution in [3.8, 4) is 0 Å². The number of anilines is 1. The van der Waals surface area contributed by atoms with Crippen LogP contribution >= 0.6 is 0 Å². The average Bonchev–Trinajstić information content (AvgIpc) is 2.87. The Balaban J connectivity index is 1.52. The molecular formula is C23H23N3O4. The second-order valence-electron chi connectivity index (χ2n) is 7.77. The summed E-state index contributed by atoms with van der Waals surface area (Å²) in [5.74, 6) is -0.932. The molecule has 0 radical (unpaired) electrons. The summed E-state index contributed by atoms with van der Waals surface area (Å²) in [5, 5.41) is 5.55. The smallest absolute Gasteiger partial charge is 0.325 e. The molecule has 4 amide bonds. The lowest BCUT2D eigenvalue weighted by Gasteiger charge is -2.27. The Hall–Kier alpha value is -3.48. The lowest BCUT2D eigenvalue weighted by molar-refractivity contribution is -0.134.